The topological polar surface area (TPSA) is 164 Å². The van der Waals surface area contributed by atoms with Gasteiger partial charge in [-0.25, -0.2) is 0 Å². The predicted octanol–water partition coefficient (Wildman–Crippen LogP) is 0.692. The largest absolute Gasteiger partial charge is 0.481 e. The van der Waals surface area contributed by atoms with Gasteiger partial charge in [0.1, 0.15) is 11.7 Å². The first kappa shape index (κ1) is 19.3. The molecule has 2 unspecified atom stereocenters. The number of hydrogen-bond acceptors (Lipinski definition) is 6. The number of nitrogens with zero attached hydrogens (tertiary/aromatic N) is 2. The van der Waals surface area contributed by atoms with E-state index in [-0.39, 0.29) is 42.2 Å². The normalized spacial score (nSPS) is 16.8. The van der Waals surface area contributed by atoms with Crippen molar-refractivity contribution < 1.29 is 29.5 Å². The number of aliphatic carboxylic acids is 2. The Kier molecular flexibility index (Phi) is 5.56. The molecule has 1 aliphatic heterocycles. The highest BCUT2D eigenvalue weighted by Crippen LogP contribution is 2.41. The molecule has 1 heterocycles. The summed E-state index contributed by atoms with van der Waals surface area (Å²) in [5.74, 6) is -2.79. The Balaban J connectivity index is 2.36. The van der Waals surface area contributed by atoms with Crippen molar-refractivity contribution in [3.05, 3.63) is 33.4 Å². The molecule has 140 valence electrons. The number of carbonyl (C=O) groups excluding carboxylic acids is 1. The molecule has 10 nitrogen and oxygen atoms in total. The molecule has 0 saturated carbocycles. The summed E-state index contributed by atoms with van der Waals surface area (Å²) in [6.07, 6.45) is -0.257. The summed E-state index contributed by atoms with van der Waals surface area (Å²) in [5, 5.41) is 29.2. The van der Waals surface area contributed by atoms with Crippen molar-refractivity contribution in [2.45, 2.75) is 44.7 Å². The van der Waals surface area contributed by atoms with Crippen LogP contribution < -0.4 is 10.6 Å². The van der Waals surface area contributed by atoms with Crippen molar-refractivity contribution in [2.75, 3.05) is 4.90 Å². The second kappa shape index (κ2) is 7.48. The van der Waals surface area contributed by atoms with E-state index in [2.05, 4.69) is 0 Å². The molecule has 2 rings (SSSR count). The zero-order valence-electron chi connectivity index (χ0n) is 14.0. The minimum Gasteiger partial charge on any atom is -0.481 e. The molecule has 26 heavy (non-hydrogen) atoms. The molecule has 0 aromatic heterocycles. The van der Waals surface area contributed by atoms with Crippen LogP contribution in [0, 0.1) is 10.1 Å². The lowest BCUT2D eigenvalue weighted by atomic mass is 10.0. The van der Waals surface area contributed by atoms with E-state index >= 15 is 0 Å². The fourth-order valence-electron chi connectivity index (χ4n) is 3.12. The maximum Gasteiger partial charge on any atom is 0.320 e. The second-order valence-corrected chi connectivity index (χ2v) is 6.25. The molecular formula is C16H19N3O7. The maximum absolute atomic E-state index is 12.5. The summed E-state index contributed by atoms with van der Waals surface area (Å²) in [6, 6.07) is 1.17. The average molecular weight is 365 g/mol. The van der Waals surface area contributed by atoms with Gasteiger partial charge in [-0.1, -0.05) is 6.07 Å². The van der Waals surface area contributed by atoms with Crippen LogP contribution in [-0.4, -0.2) is 45.1 Å². The van der Waals surface area contributed by atoms with Crippen molar-refractivity contribution in [3.63, 3.8) is 0 Å². The number of benzene rings is 1. The monoisotopic (exact) mass is 365 g/mol. The van der Waals surface area contributed by atoms with Crippen molar-refractivity contribution >= 4 is 29.2 Å². The fourth-order valence-corrected chi connectivity index (χ4v) is 3.12. The van der Waals surface area contributed by atoms with Crippen molar-refractivity contribution in [1.29, 1.82) is 0 Å². The minimum absolute atomic E-state index is 0.0857. The predicted molar refractivity (Wildman–Crippen MR) is 89.9 cm³/mol. The number of carboxylic acid groups (broad SMARTS) is 2. The van der Waals surface area contributed by atoms with E-state index in [9.17, 15) is 24.5 Å². The van der Waals surface area contributed by atoms with Gasteiger partial charge in [-0.05, 0) is 30.9 Å². The number of carbonyl (C=O) groups is 3. The van der Waals surface area contributed by atoms with E-state index in [1.54, 1.807) is 13.0 Å². The molecule has 4 N–H and O–H groups in total. The molecule has 0 aliphatic carbocycles. The Morgan fingerprint density at radius 2 is 2.04 bits per heavy atom. The van der Waals surface area contributed by atoms with Crippen LogP contribution in [0.1, 0.15) is 30.9 Å². The lowest BCUT2D eigenvalue weighted by Gasteiger charge is -2.23. The zero-order valence-corrected chi connectivity index (χ0v) is 14.0. The van der Waals surface area contributed by atoms with E-state index in [1.807, 2.05) is 0 Å². The molecule has 0 bridgehead atoms. The first-order chi connectivity index (χ1) is 12.1. The Bertz CT molecular complexity index is 777. The number of rotatable bonds is 7. The highest BCUT2D eigenvalue weighted by atomic mass is 16.6. The van der Waals surface area contributed by atoms with Gasteiger partial charge in [-0.3, -0.25) is 24.5 Å². The highest BCUT2D eigenvalue weighted by molar-refractivity contribution is 5.99. The van der Waals surface area contributed by atoms with Crippen LogP contribution in [0.25, 0.3) is 0 Å². The third-order valence-corrected chi connectivity index (χ3v) is 4.23. The van der Waals surface area contributed by atoms with E-state index in [1.165, 1.54) is 4.90 Å². The summed E-state index contributed by atoms with van der Waals surface area (Å²) >= 11 is 0. The van der Waals surface area contributed by atoms with Crippen LogP contribution in [0.3, 0.4) is 0 Å². The van der Waals surface area contributed by atoms with Crippen LogP contribution in [0.2, 0.25) is 0 Å². The molecule has 1 amide bonds. The highest BCUT2D eigenvalue weighted by Gasteiger charge is 2.37. The van der Waals surface area contributed by atoms with Crippen LogP contribution in [0.5, 0.6) is 0 Å². The number of anilines is 1. The third-order valence-electron chi connectivity index (χ3n) is 4.23. The van der Waals surface area contributed by atoms with E-state index in [0.29, 0.717) is 12.0 Å². The number of nitrogens with two attached hydrogens (primary N) is 1. The molecule has 2 atom stereocenters. The van der Waals surface area contributed by atoms with Gasteiger partial charge < -0.3 is 20.8 Å². The Morgan fingerprint density at radius 3 is 2.58 bits per heavy atom. The molecule has 10 heteroatoms. The van der Waals surface area contributed by atoms with Crippen molar-refractivity contribution in [1.82, 2.24) is 0 Å². The number of carboxylic acids is 2. The van der Waals surface area contributed by atoms with E-state index < -0.39 is 28.8 Å². The maximum atomic E-state index is 12.5. The average Bonchev–Trinajstić information content (AvgIpc) is 2.86. The fraction of sp³-hybridized carbons (Fsp3) is 0.438. The van der Waals surface area contributed by atoms with Crippen molar-refractivity contribution in [3.8, 4) is 0 Å². The lowest BCUT2D eigenvalue weighted by Crippen LogP contribution is -2.38. The van der Waals surface area contributed by atoms with Crippen molar-refractivity contribution in [2.24, 2.45) is 5.73 Å². The molecule has 0 radical (unpaired) electrons. The summed E-state index contributed by atoms with van der Waals surface area (Å²) in [4.78, 5) is 46.3. The Hall–Kier alpha value is -3.01. The van der Waals surface area contributed by atoms with Crippen LogP contribution in [0.4, 0.5) is 11.4 Å². The lowest BCUT2D eigenvalue weighted by molar-refractivity contribution is -0.384. The molecule has 1 aromatic carbocycles. The van der Waals surface area contributed by atoms with Gasteiger partial charge in [0.05, 0.1) is 11.3 Å². The third kappa shape index (κ3) is 3.97. The standard InChI is InChI=1S/C16H19N3O7/c1-8-4-10-5-9(7-14(21)22)6-12(19(25)26)15(10)18(8)13(20)3-2-11(17)16(23)24/h5-6,8,11H,2-4,7,17H2,1H3,(H,21,22)(H,23,24). The number of amides is 1. The molecule has 0 fully saturated rings. The van der Waals surface area contributed by atoms with Gasteiger partial charge in [-0.2, -0.15) is 0 Å². The van der Waals surface area contributed by atoms with Crippen LogP contribution >= 0.6 is 0 Å². The Labute approximate surface area is 148 Å². The summed E-state index contributed by atoms with van der Waals surface area (Å²) in [7, 11) is 0. The van der Waals surface area contributed by atoms with Gasteiger partial charge >= 0.3 is 11.9 Å². The van der Waals surface area contributed by atoms with Gasteiger partial charge in [0.15, 0.2) is 0 Å². The van der Waals surface area contributed by atoms with Gasteiger partial charge in [0.25, 0.3) is 5.69 Å². The molecular weight excluding hydrogens is 346 g/mol. The van der Waals surface area contributed by atoms with Gasteiger partial charge in [0, 0.05) is 18.5 Å². The summed E-state index contributed by atoms with van der Waals surface area (Å²) in [5.41, 5.74) is 6.03. The summed E-state index contributed by atoms with van der Waals surface area (Å²) < 4.78 is 0. The van der Waals surface area contributed by atoms with E-state index in [4.69, 9.17) is 15.9 Å². The molecule has 0 saturated heterocycles. The number of hydrogen-bond donors (Lipinski definition) is 3. The van der Waals surface area contributed by atoms with Gasteiger partial charge in [0.2, 0.25) is 5.91 Å². The first-order valence-corrected chi connectivity index (χ1v) is 7.94. The number of fused-ring (bicyclic) bond motifs is 1. The second-order valence-electron chi connectivity index (χ2n) is 6.25. The first-order valence-electron chi connectivity index (χ1n) is 7.94. The SMILES string of the molecule is CC1Cc2cc(CC(=O)O)cc([N+](=O)[O-])c2N1C(=O)CCC(N)C(=O)O. The van der Waals surface area contributed by atoms with Crippen LogP contribution in [0.15, 0.2) is 12.1 Å². The van der Waals surface area contributed by atoms with Crippen LogP contribution in [-0.2, 0) is 27.2 Å². The quantitative estimate of drug-likeness (QED) is 0.469. The molecule has 0 spiro atoms. The zero-order chi connectivity index (χ0) is 19.6. The Morgan fingerprint density at radius 1 is 1.38 bits per heavy atom. The number of nitro groups is 1. The number of nitro benzene ring substituents is 1. The smallest absolute Gasteiger partial charge is 0.320 e. The van der Waals surface area contributed by atoms with E-state index in [0.717, 1.165) is 6.07 Å². The molecule has 1 aliphatic rings. The molecule has 1 aromatic rings. The summed E-state index contributed by atoms with van der Waals surface area (Å²) in [6.45, 7) is 1.72. The minimum atomic E-state index is -1.23. The van der Waals surface area contributed by atoms with Gasteiger partial charge in [-0.15, -0.1) is 0 Å².